The first-order valence-electron chi connectivity index (χ1n) is 7.41. The highest BCUT2D eigenvalue weighted by Crippen LogP contribution is 2.20. The highest BCUT2D eigenvalue weighted by Gasteiger charge is 2.22. The highest BCUT2D eigenvalue weighted by molar-refractivity contribution is 5.93. The van der Waals surface area contributed by atoms with Crippen LogP contribution in [0.4, 0.5) is 0 Å². The zero-order chi connectivity index (χ0) is 16.1. The molecule has 0 unspecified atom stereocenters. The monoisotopic (exact) mass is 302 g/mol. The van der Waals surface area contributed by atoms with Crippen molar-refractivity contribution in [2.45, 2.75) is 18.9 Å². The Morgan fingerprint density at radius 2 is 1.82 bits per heavy atom. The van der Waals surface area contributed by atoms with E-state index < -0.39 is 0 Å². The predicted molar refractivity (Wildman–Crippen MR) is 84.9 cm³/mol. The highest BCUT2D eigenvalue weighted by atomic mass is 16.5. The number of likely N-dealkylation sites (tertiary alicyclic amines) is 1. The van der Waals surface area contributed by atoms with E-state index in [4.69, 9.17) is 4.74 Å². The summed E-state index contributed by atoms with van der Waals surface area (Å²) in [6, 6.07) is 7.18. The van der Waals surface area contributed by atoms with Crippen LogP contribution in [0, 0.1) is 0 Å². The lowest BCUT2D eigenvalue weighted by Gasteiger charge is -2.31. The van der Waals surface area contributed by atoms with Crippen molar-refractivity contribution < 1.29 is 14.3 Å². The number of ether oxygens (including phenoxy) is 1. The number of amides is 2. The molecule has 0 saturated carbocycles. The van der Waals surface area contributed by atoms with Crippen molar-refractivity contribution in [3.05, 3.63) is 42.5 Å². The molecule has 1 aliphatic heterocycles. The molecule has 0 atom stereocenters. The molecule has 0 N–H and O–H groups in total. The summed E-state index contributed by atoms with van der Waals surface area (Å²) in [5.74, 6) is 0.705. The number of carbonyl (C=O) groups excluding carboxylic acids is 2. The van der Waals surface area contributed by atoms with Gasteiger partial charge in [-0.2, -0.15) is 0 Å². The number of benzene rings is 1. The Morgan fingerprint density at radius 3 is 2.32 bits per heavy atom. The molecule has 0 aliphatic carbocycles. The summed E-state index contributed by atoms with van der Waals surface area (Å²) in [6.07, 6.45) is 3.06. The average Bonchev–Trinajstić information content (AvgIpc) is 2.54. The maximum atomic E-state index is 11.8. The van der Waals surface area contributed by atoms with Gasteiger partial charge in [0, 0.05) is 45.6 Å². The molecule has 1 aromatic carbocycles. The third kappa shape index (κ3) is 3.87. The average molecular weight is 302 g/mol. The van der Waals surface area contributed by atoms with Gasteiger partial charge in [0.25, 0.3) is 5.91 Å². The van der Waals surface area contributed by atoms with Gasteiger partial charge in [0.15, 0.2) is 0 Å². The molecule has 22 heavy (non-hydrogen) atoms. The number of piperidine rings is 1. The van der Waals surface area contributed by atoms with Gasteiger partial charge in [-0.3, -0.25) is 9.59 Å². The van der Waals surface area contributed by atoms with E-state index in [1.165, 1.54) is 6.08 Å². The Kier molecular flexibility index (Phi) is 5.20. The largest absolute Gasteiger partial charge is 0.490 e. The molecule has 0 spiro atoms. The van der Waals surface area contributed by atoms with Gasteiger partial charge in [0.05, 0.1) is 0 Å². The summed E-state index contributed by atoms with van der Waals surface area (Å²) in [5, 5.41) is 0. The maximum Gasteiger partial charge on any atom is 0.253 e. The first-order valence-corrected chi connectivity index (χ1v) is 7.41. The van der Waals surface area contributed by atoms with Crippen LogP contribution in [0.3, 0.4) is 0 Å². The molecule has 1 aromatic rings. The summed E-state index contributed by atoms with van der Waals surface area (Å²) in [6.45, 7) is 4.88. The molecular formula is C17H22N2O3. The zero-order valence-corrected chi connectivity index (χ0v) is 13.1. The summed E-state index contributed by atoms with van der Waals surface area (Å²) in [5.41, 5.74) is 0.642. The van der Waals surface area contributed by atoms with Crippen LogP contribution in [-0.2, 0) is 4.79 Å². The SMILES string of the molecule is C=CC(=O)N1CCC(Oc2ccc(C(=O)N(C)C)cc2)CC1. The molecule has 0 radical (unpaired) electrons. The maximum absolute atomic E-state index is 11.8. The van der Waals surface area contributed by atoms with Crippen molar-refractivity contribution in [1.29, 1.82) is 0 Å². The van der Waals surface area contributed by atoms with Crippen LogP contribution in [-0.4, -0.2) is 54.9 Å². The molecule has 0 aromatic heterocycles. The number of hydrogen-bond acceptors (Lipinski definition) is 3. The molecule has 118 valence electrons. The van der Waals surface area contributed by atoms with Crippen molar-refractivity contribution in [3.8, 4) is 5.75 Å². The van der Waals surface area contributed by atoms with Crippen LogP contribution in [0.15, 0.2) is 36.9 Å². The summed E-state index contributed by atoms with van der Waals surface area (Å²) >= 11 is 0. The lowest BCUT2D eigenvalue weighted by molar-refractivity contribution is -0.127. The van der Waals surface area contributed by atoms with Gasteiger partial charge in [0.1, 0.15) is 11.9 Å². The van der Waals surface area contributed by atoms with Crippen molar-refractivity contribution in [2.75, 3.05) is 27.2 Å². The molecular weight excluding hydrogens is 280 g/mol. The van der Waals surface area contributed by atoms with Crippen LogP contribution in [0.5, 0.6) is 5.75 Å². The molecule has 1 aliphatic rings. The van der Waals surface area contributed by atoms with Gasteiger partial charge < -0.3 is 14.5 Å². The fraction of sp³-hybridized carbons (Fsp3) is 0.412. The van der Waals surface area contributed by atoms with E-state index >= 15 is 0 Å². The number of nitrogens with zero attached hydrogens (tertiary/aromatic N) is 2. The van der Waals surface area contributed by atoms with Crippen LogP contribution in [0.25, 0.3) is 0 Å². The first-order chi connectivity index (χ1) is 10.5. The topological polar surface area (TPSA) is 49.9 Å². The van der Waals surface area contributed by atoms with Crippen molar-refractivity contribution in [1.82, 2.24) is 9.80 Å². The Balaban J connectivity index is 1.89. The van der Waals surface area contributed by atoms with E-state index in [1.54, 1.807) is 36.0 Å². The van der Waals surface area contributed by atoms with Crippen LogP contribution >= 0.6 is 0 Å². The molecule has 0 bridgehead atoms. The Bertz CT molecular complexity index is 544. The second-order valence-corrected chi connectivity index (χ2v) is 5.57. The minimum absolute atomic E-state index is 0.0231. The minimum atomic E-state index is -0.0252. The molecule has 1 heterocycles. The van der Waals surface area contributed by atoms with E-state index in [0.717, 1.165) is 18.6 Å². The molecule has 1 saturated heterocycles. The predicted octanol–water partition coefficient (Wildman–Crippen LogP) is 1.94. The van der Waals surface area contributed by atoms with E-state index in [-0.39, 0.29) is 17.9 Å². The minimum Gasteiger partial charge on any atom is -0.490 e. The third-order valence-corrected chi connectivity index (χ3v) is 3.74. The van der Waals surface area contributed by atoms with Gasteiger partial charge in [-0.05, 0) is 30.3 Å². The second-order valence-electron chi connectivity index (χ2n) is 5.57. The number of rotatable bonds is 4. The smallest absolute Gasteiger partial charge is 0.253 e. The lowest BCUT2D eigenvalue weighted by atomic mass is 10.1. The summed E-state index contributed by atoms with van der Waals surface area (Å²) in [4.78, 5) is 26.7. The van der Waals surface area contributed by atoms with E-state index in [9.17, 15) is 9.59 Å². The van der Waals surface area contributed by atoms with Gasteiger partial charge in [-0.1, -0.05) is 6.58 Å². The fourth-order valence-corrected chi connectivity index (χ4v) is 2.45. The first kappa shape index (κ1) is 16.1. The van der Waals surface area contributed by atoms with E-state index in [2.05, 4.69) is 6.58 Å². The third-order valence-electron chi connectivity index (χ3n) is 3.74. The Hall–Kier alpha value is -2.30. The van der Waals surface area contributed by atoms with Crippen LogP contribution in [0.2, 0.25) is 0 Å². The molecule has 2 rings (SSSR count). The summed E-state index contributed by atoms with van der Waals surface area (Å²) in [7, 11) is 3.45. The van der Waals surface area contributed by atoms with E-state index in [1.807, 2.05) is 12.1 Å². The standard InChI is InChI=1S/C17H22N2O3/c1-4-16(20)19-11-9-15(10-12-19)22-14-7-5-13(6-8-14)17(21)18(2)3/h4-8,15H,1,9-12H2,2-3H3. The molecule has 2 amide bonds. The normalized spacial score (nSPS) is 15.3. The van der Waals surface area contributed by atoms with E-state index in [0.29, 0.717) is 18.7 Å². The van der Waals surface area contributed by atoms with Gasteiger partial charge in [-0.25, -0.2) is 0 Å². The van der Waals surface area contributed by atoms with Gasteiger partial charge >= 0.3 is 0 Å². The van der Waals surface area contributed by atoms with Gasteiger partial charge in [0.2, 0.25) is 5.91 Å². The second kappa shape index (κ2) is 7.11. The zero-order valence-electron chi connectivity index (χ0n) is 13.1. The Morgan fingerprint density at radius 1 is 1.23 bits per heavy atom. The molecule has 1 fully saturated rings. The Labute approximate surface area is 131 Å². The van der Waals surface area contributed by atoms with Gasteiger partial charge in [-0.15, -0.1) is 0 Å². The van der Waals surface area contributed by atoms with Crippen molar-refractivity contribution in [2.24, 2.45) is 0 Å². The number of carbonyl (C=O) groups is 2. The fourth-order valence-electron chi connectivity index (χ4n) is 2.45. The summed E-state index contributed by atoms with van der Waals surface area (Å²) < 4.78 is 5.92. The lowest BCUT2D eigenvalue weighted by Crippen LogP contribution is -2.41. The van der Waals surface area contributed by atoms with Crippen LogP contribution < -0.4 is 4.74 Å². The van der Waals surface area contributed by atoms with Crippen molar-refractivity contribution in [3.63, 3.8) is 0 Å². The number of hydrogen-bond donors (Lipinski definition) is 0. The molecule has 5 heteroatoms. The quantitative estimate of drug-likeness (QED) is 0.799. The van der Waals surface area contributed by atoms with Crippen LogP contribution in [0.1, 0.15) is 23.2 Å². The molecule has 5 nitrogen and oxygen atoms in total. The van der Waals surface area contributed by atoms with Crippen molar-refractivity contribution >= 4 is 11.8 Å².